The van der Waals surface area contributed by atoms with Gasteiger partial charge in [-0.05, 0) is 32.6 Å². The number of ether oxygens (including phenoxy) is 1. The summed E-state index contributed by atoms with van der Waals surface area (Å²) < 4.78 is 5.63. The lowest BCUT2D eigenvalue weighted by Gasteiger charge is -2.18. The monoisotopic (exact) mass is 324 g/mol. The van der Waals surface area contributed by atoms with E-state index in [0.29, 0.717) is 5.57 Å². The van der Waals surface area contributed by atoms with Gasteiger partial charge in [-0.2, -0.15) is 0 Å². The third-order valence-corrected chi connectivity index (χ3v) is 4.38. The van der Waals surface area contributed by atoms with Gasteiger partial charge in [-0.25, -0.2) is 4.79 Å². The molecule has 0 saturated heterocycles. The molecule has 0 unspecified atom stereocenters. The maximum atomic E-state index is 11.8. The van der Waals surface area contributed by atoms with Crippen molar-refractivity contribution in [2.24, 2.45) is 0 Å². The van der Waals surface area contributed by atoms with Crippen LogP contribution >= 0.6 is 0 Å². The van der Waals surface area contributed by atoms with Gasteiger partial charge < -0.3 is 4.74 Å². The Balaban J connectivity index is 3.94. The summed E-state index contributed by atoms with van der Waals surface area (Å²) >= 11 is 0. The number of carbonyl (C=O) groups is 1. The van der Waals surface area contributed by atoms with Gasteiger partial charge in [-0.15, -0.1) is 0 Å². The quantitative estimate of drug-likeness (QED) is 0.174. The standard InChI is InChI=1S/C21H40O2/c1-5-7-9-11-13-15-17-20(23-21(22)19(3)4)18-16-14-12-10-8-6-2/h20H,3,5-18H2,1-2,4H3. The highest BCUT2D eigenvalue weighted by Crippen LogP contribution is 2.17. The molecule has 136 valence electrons. The first-order chi connectivity index (χ1) is 11.1. The average molecular weight is 325 g/mol. The first kappa shape index (κ1) is 22.2. The van der Waals surface area contributed by atoms with E-state index in [4.69, 9.17) is 4.74 Å². The number of hydrogen-bond donors (Lipinski definition) is 0. The fourth-order valence-electron chi connectivity index (χ4n) is 2.82. The van der Waals surface area contributed by atoms with E-state index in [-0.39, 0.29) is 12.1 Å². The number of esters is 1. The van der Waals surface area contributed by atoms with Crippen molar-refractivity contribution >= 4 is 5.97 Å². The molecular weight excluding hydrogens is 284 g/mol. The average Bonchev–Trinajstić information content (AvgIpc) is 2.53. The number of carbonyl (C=O) groups excluding carboxylic acids is 1. The zero-order valence-corrected chi connectivity index (χ0v) is 16.0. The van der Waals surface area contributed by atoms with Crippen LogP contribution in [-0.4, -0.2) is 12.1 Å². The highest BCUT2D eigenvalue weighted by molar-refractivity contribution is 5.87. The Labute approximate surface area is 145 Å². The van der Waals surface area contributed by atoms with E-state index >= 15 is 0 Å². The smallest absolute Gasteiger partial charge is 0.333 e. The van der Waals surface area contributed by atoms with E-state index in [0.717, 1.165) is 12.8 Å². The summed E-state index contributed by atoms with van der Waals surface area (Å²) in [7, 11) is 0. The van der Waals surface area contributed by atoms with Crippen molar-refractivity contribution in [2.75, 3.05) is 0 Å². The maximum absolute atomic E-state index is 11.8. The molecule has 0 spiro atoms. The Kier molecular flexibility index (Phi) is 15.5. The van der Waals surface area contributed by atoms with Crippen LogP contribution in [0.4, 0.5) is 0 Å². The van der Waals surface area contributed by atoms with Crippen LogP contribution in [0.1, 0.15) is 111 Å². The summed E-state index contributed by atoms with van der Waals surface area (Å²) in [5, 5.41) is 0. The third-order valence-electron chi connectivity index (χ3n) is 4.38. The molecule has 0 amide bonds. The van der Waals surface area contributed by atoms with Crippen LogP contribution in [0.2, 0.25) is 0 Å². The zero-order chi connectivity index (χ0) is 17.3. The Hall–Kier alpha value is -0.790. The summed E-state index contributed by atoms with van der Waals surface area (Å²) in [6.45, 7) is 9.91. The molecule has 0 N–H and O–H groups in total. The van der Waals surface area contributed by atoms with Gasteiger partial charge in [-0.3, -0.25) is 0 Å². The largest absolute Gasteiger partial charge is 0.459 e. The Morgan fingerprint density at radius 2 is 1.17 bits per heavy atom. The third kappa shape index (κ3) is 14.5. The molecule has 2 nitrogen and oxygen atoms in total. The minimum absolute atomic E-state index is 0.0940. The van der Waals surface area contributed by atoms with Crippen LogP contribution in [0.15, 0.2) is 12.2 Å². The second kappa shape index (κ2) is 16.1. The Morgan fingerprint density at radius 3 is 1.57 bits per heavy atom. The number of unbranched alkanes of at least 4 members (excludes halogenated alkanes) is 10. The van der Waals surface area contributed by atoms with E-state index in [1.54, 1.807) is 6.92 Å². The molecule has 23 heavy (non-hydrogen) atoms. The molecular formula is C21H40O2. The van der Waals surface area contributed by atoms with Crippen molar-refractivity contribution in [2.45, 2.75) is 117 Å². The fourth-order valence-corrected chi connectivity index (χ4v) is 2.82. The molecule has 0 rings (SSSR count). The zero-order valence-electron chi connectivity index (χ0n) is 16.0. The van der Waals surface area contributed by atoms with Crippen LogP contribution in [0.25, 0.3) is 0 Å². The van der Waals surface area contributed by atoms with Crippen LogP contribution in [-0.2, 0) is 9.53 Å². The normalized spacial score (nSPS) is 11.0. The van der Waals surface area contributed by atoms with E-state index in [1.807, 2.05) is 0 Å². The highest BCUT2D eigenvalue weighted by Gasteiger charge is 2.14. The van der Waals surface area contributed by atoms with E-state index in [1.165, 1.54) is 77.0 Å². The topological polar surface area (TPSA) is 26.3 Å². The van der Waals surface area contributed by atoms with Gasteiger partial charge in [-0.1, -0.05) is 84.6 Å². The van der Waals surface area contributed by atoms with Crippen molar-refractivity contribution in [3.63, 3.8) is 0 Å². The molecule has 0 bridgehead atoms. The van der Waals surface area contributed by atoms with Crippen molar-refractivity contribution < 1.29 is 9.53 Å². The highest BCUT2D eigenvalue weighted by atomic mass is 16.5. The van der Waals surface area contributed by atoms with Crippen LogP contribution in [0.3, 0.4) is 0 Å². The Morgan fingerprint density at radius 1 is 0.783 bits per heavy atom. The first-order valence-electron chi connectivity index (χ1n) is 9.98. The van der Waals surface area contributed by atoms with E-state index in [2.05, 4.69) is 20.4 Å². The second-order valence-electron chi connectivity index (χ2n) is 6.92. The van der Waals surface area contributed by atoms with Gasteiger partial charge in [0.05, 0.1) is 0 Å². The number of hydrogen-bond acceptors (Lipinski definition) is 2. The molecule has 0 fully saturated rings. The van der Waals surface area contributed by atoms with Crippen molar-refractivity contribution in [3.8, 4) is 0 Å². The van der Waals surface area contributed by atoms with Gasteiger partial charge in [0.25, 0.3) is 0 Å². The molecule has 0 heterocycles. The van der Waals surface area contributed by atoms with E-state index < -0.39 is 0 Å². The second-order valence-corrected chi connectivity index (χ2v) is 6.92. The maximum Gasteiger partial charge on any atom is 0.333 e. The molecule has 0 aromatic heterocycles. The lowest BCUT2D eigenvalue weighted by molar-refractivity contribution is -0.145. The molecule has 0 saturated carbocycles. The molecule has 0 aliphatic carbocycles. The predicted octanol–water partition coefficient (Wildman–Crippen LogP) is 6.98. The van der Waals surface area contributed by atoms with Crippen LogP contribution < -0.4 is 0 Å². The summed E-state index contributed by atoms with van der Waals surface area (Å²) in [5.41, 5.74) is 0.515. The number of rotatable bonds is 16. The van der Waals surface area contributed by atoms with Gasteiger partial charge >= 0.3 is 5.97 Å². The molecule has 0 aliphatic heterocycles. The summed E-state index contributed by atoms with van der Waals surface area (Å²) in [6, 6.07) is 0. The lowest BCUT2D eigenvalue weighted by atomic mass is 10.0. The Bertz CT molecular complexity index is 280. The van der Waals surface area contributed by atoms with Gasteiger partial charge in [0.15, 0.2) is 0 Å². The first-order valence-corrected chi connectivity index (χ1v) is 9.98. The van der Waals surface area contributed by atoms with Crippen molar-refractivity contribution in [1.29, 1.82) is 0 Å². The summed E-state index contributed by atoms with van der Waals surface area (Å²) in [6.07, 6.45) is 17.5. The fraction of sp³-hybridized carbons (Fsp3) is 0.857. The molecule has 2 heteroatoms. The summed E-state index contributed by atoms with van der Waals surface area (Å²) in [4.78, 5) is 11.8. The molecule has 0 aromatic rings. The van der Waals surface area contributed by atoms with E-state index in [9.17, 15) is 4.79 Å². The van der Waals surface area contributed by atoms with Crippen molar-refractivity contribution in [3.05, 3.63) is 12.2 Å². The van der Waals surface area contributed by atoms with Crippen LogP contribution in [0.5, 0.6) is 0 Å². The van der Waals surface area contributed by atoms with Gasteiger partial charge in [0.2, 0.25) is 0 Å². The molecule has 0 aromatic carbocycles. The van der Waals surface area contributed by atoms with Gasteiger partial charge in [0, 0.05) is 5.57 Å². The lowest BCUT2D eigenvalue weighted by Crippen LogP contribution is -2.18. The molecule has 0 radical (unpaired) electrons. The predicted molar refractivity (Wildman–Crippen MR) is 101 cm³/mol. The minimum atomic E-state index is -0.216. The SMILES string of the molecule is C=C(C)C(=O)OC(CCCCCCCC)CCCCCCCC. The van der Waals surface area contributed by atoms with Gasteiger partial charge in [0.1, 0.15) is 6.10 Å². The minimum Gasteiger partial charge on any atom is -0.459 e. The van der Waals surface area contributed by atoms with Crippen LogP contribution in [0, 0.1) is 0 Å². The molecule has 0 aliphatic rings. The molecule has 0 atom stereocenters. The van der Waals surface area contributed by atoms with Crippen molar-refractivity contribution in [1.82, 2.24) is 0 Å². The summed E-state index contributed by atoms with van der Waals surface area (Å²) in [5.74, 6) is -0.216.